The van der Waals surface area contributed by atoms with E-state index in [1.807, 2.05) is 18.6 Å². The lowest BCUT2D eigenvalue weighted by Gasteiger charge is -2.19. The third-order valence-corrected chi connectivity index (χ3v) is 4.97. The molecule has 0 saturated carbocycles. The van der Waals surface area contributed by atoms with Gasteiger partial charge >= 0.3 is 0 Å². The number of hydrogen-bond acceptors (Lipinski definition) is 3. The van der Waals surface area contributed by atoms with Gasteiger partial charge in [-0.05, 0) is 31.2 Å². The zero-order valence-corrected chi connectivity index (χ0v) is 15.5. The molecule has 2 aromatic rings. The number of imidazole rings is 1. The number of fused-ring (bicyclic) bond motifs is 3. The number of aliphatic hydroxyl groups excluding tert-OH is 1. The Morgan fingerprint density at radius 2 is 2.12 bits per heavy atom. The van der Waals surface area contributed by atoms with Crippen molar-refractivity contribution in [3.05, 3.63) is 55.5 Å². The summed E-state index contributed by atoms with van der Waals surface area (Å²) in [5.41, 5.74) is 3.62. The molecule has 2 heterocycles. The molecular formula is C19H27N3O2S. The van der Waals surface area contributed by atoms with Crippen LogP contribution >= 0.6 is 0 Å². The van der Waals surface area contributed by atoms with E-state index in [0.29, 0.717) is 6.42 Å². The van der Waals surface area contributed by atoms with Crippen LogP contribution < -0.4 is 4.72 Å². The van der Waals surface area contributed by atoms with Crippen molar-refractivity contribution >= 4 is 11.0 Å². The first-order valence-electron chi connectivity index (χ1n) is 8.53. The average molecular weight is 362 g/mol. The molecule has 6 heteroatoms. The summed E-state index contributed by atoms with van der Waals surface area (Å²) in [5.74, 6) is 0. The SMILES string of the molecule is C=C.CS(=O)NCCCCC(O)CC1c2ccccc2-c2cncn21. The normalized spacial score (nSPS) is 17.1. The molecular weight excluding hydrogens is 334 g/mol. The molecule has 0 aliphatic carbocycles. The van der Waals surface area contributed by atoms with Crippen LogP contribution in [0.3, 0.4) is 0 Å². The highest BCUT2D eigenvalue weighted by atomic mass is 32.2. The molecule has 3 atom stereocenters. The molecule has 0 radical (unpaired) electrons. The van der Waals surface area contributed by atoms with Crippen molar-refractivity contribution in [3.63, 3.8) is 0 Å². The van der Waals surface area contributed by atoms with Gasteiger partial charge in [0.25, 0.3) is 0 Å². The number of aliphatic hydroxyl groups is 1. The largest absolute Gasteiger partial charge is 0.393 e. The van der Waals surface area contributed by atoms with Crippen molar-refractivity contribution in [2.24, 2.45) is 0 Å². The number of rotatable bonds is 8. The monoisotopic (exact) mass is 361 g/mol. The first-order chi connectivity index (χ1) is 12.2. The van der Waals surface area contributed by atoms with Crippen LogP contribution in [0.5, 0.6) is 0 Å². The lowest BCUT2D eigenvalue weighted by atomic mass is 9.97. The van der Waals surface area contributed by atoms with Crippen LogP contribution in [-0.4, -0.2) is 37.8 Å². The molecule has 0 bridgehead atoms. The van der Waals surface area contributed by atoms with E-state index in [-0.39, 0.29) is 12.1 Å². The second kappa shape index (κ2) is 9.65. The molecule has 0 saturated heterocycles. The van der Waals surface area contributed by atoms with Crippen molar-refractivity contribution in [2.75, 3.05) is 12.8 Å². The maximum Gasteiger partial charge on any atom is 0.0956 e. The van der Waals surface area contributed by atoms with Gasteiger partial charge in [-0.3, -0.25) is 0 Å². The molecule has 25 heavy (non-hydrogen) atoms. The van der Waals surface area contributed by atoms with Gasteiger partial charge in [0.15, 0.2) is 0 Å². The third-order valence-electron chi connectivity index (χ3n) is 4.36. The molecule has 0 spiro atoms. The molecule has 136 valence electrons. The van der Waals surface area contributed by atoms with Crippen LogP contribution in [0.2, 0.25) is 0 Å². The Bertz CT molecular complexity index is 701. The maximum atomic E-state index is 10.9. The van der Waals surface area contributed by atoms with Gasteiger partial charge in [0.05, 0.1) is 41.3 Å². The smallest absolute Gasteiger partial charge is 0.0956 e. The topological polar surface area (TPSA) is 67.2 Å². The van der Waals surface area contributed by atoms with E-state index >= 15 is 0 Å². The predicted molar refractivity (Wildman–Crippen MR) is 104 cm³/mol. The van der Waals surface area contributed by atoms with E-state index in [2.05, 4.69) is 45.6 Å². The van der Waals surface area contributed by atoms with Gasteiger partial charge in [-0.15, -0.1) is 13.2 Å². The van der Waals surface area contributed by atoms with Crippen LogP contribution in [0, 0.1) is 0 Å². The zero-order valence-electron chi connectivity index (χ0n) is 14.7. The summed E-state index contributed by atoms with van der Waals surface area (Å²) in [5, 5.41) is 10.4. The zero-order chi connectivity index (χ0) is 18.2. The van der Waals surface area contributed by atoms with E-state index in [1.54, 1.807) is 6.26 Å². The first-order valence-corrected chi connectivity index (χ1v) is 10.1. The maximum absolute atomic E-state index is 10.9. The minimum atomic E-state index is -0.951. The van der Waals surface area contributed by atoms with E-state index in [1.165, 1.54) is 11.1 Å². The molecule has 3 unspecified atom stereocenters. The minimum absolute atomic E-state index is 0.167. The van der Waals surface area contributed by atoms with Crippen LogP contribution in [-0.2, 0) is 11.0 Å². The molecule has 1 aliphatic heterocycles. The molecule has 0 amide bonds. The molecule has 3 rings (SSSR count). The molecule has 1 aromatic carbocycles. The lowest BCUT2D eigenvalue weighted by Crippen LogP contribution is -2.18. The summed E-state index contributed by atoms with van der Waals surface area (Å²) >= 11 is 0. The third kappa shape index (κ3) is 4.87. The van der Waals surface area contributed by atoms with Crippen molar-refractivity contribution in [1.82, 2.24) is 14.3 Å². The Morgan fingerprint density at radius 1 is 1.36 bits per heavy atom. The molecule has 1 aromatic heterocycles. The summed E-state index contributed by atoms with van der Waals surface area (Å²) in [6, 6.07) is 8.51. The van der Waals surface area contributed by atoms with Crippen molar-refractivity contribution in [1.29, 1.82) is 0 Å². The molecule has 2 N–H and O–H groups in total. The quantitative estimate of drug-likeness (QED) is 0.561. The first kappa shape index (κ1) is 19.6. The lowest BCUT2D eigenvalue weighted by molar-refractivity contribution is 0.139. The fourth-order valence-electron chi connectivity index (χ4n) is 3.27. The highest BCUT2D eigenvalue weighted by molar-refractivity contribution is 7.82. The number of aromatic nitrogens is 2. The summed E-state index contributed by atoms with van der Waals surface area (Å²) in [7, 11) is -0.951. The van der Waals surface area contributed by atoms with Gasteiger partial charge in [-0.2, -0.15) is 0 Å². The van der Waals surface area contributed by atoms with Gasteiger partial charge in [0.2, 0.25) is 0 Å². The van der Waals surface area contributed by atoms with Gasteiger partial charge in [-0.1, -0.05) is 24.3 Å². The van der Waals surface area contributed by atoms with Crippen LogP contribution in [0.25, 0.3) is 11.3 Å². The number of hydrogen-bond donors (Lipinski definition) is 2. The minimum Gasteiger partial charge on any atom is -0.393 e. The van der Waals surface area contributed by atoms with Crippen molar-refractivity contribution < 1.29 is 9.32 Å². The summed E-state index contributed by atoms with van der Waals surface area (Å²) in [4.78, 5) is 4.25. The number of nitrogens with one attached hydrogen (secondary N) is 1. The van der Waals surface area contributed by atoms with Crippen LogP contribution in [0.15, 0.2) is 49.9 Å². The Balaban J connectivity index is 0.00000109. The van der Waals surface area contributed by atoms with E-state index in [0.717, 1.165) is 31.5 Å². The number of nitrogens with zero attached hydrogens (tertiary/aromatic N) is 2. The average Bonchev–Trinajstić information content (AvgIpc) is 3.19. The standard InChI is InChI=1S/C17H23N3O2S.C2H4/c1-23(22)19-9-5-4-6-13(21)10-16-14-7-2-3-8-15(14)17-11-18-12-20(16)17;1-2/h2-3,7-8,11-13,16,19,21H,4-6,9-10H2,1H3;1-2H2. The fraction of sp³-hybridized carbons (Fsp3) is 0.421. The van der Waals surface area contributed by atoms with Crippen LogP contribution in [0.1, 0.15) is 37.3 Å². The number of unbranched alkanes of at least 4 members (excludes halogenated alkanes) is 1. The van der Waals surface area contributed by atoms with Gasteiger partial charge in [0.1, 0.15) is 0 Å². The summed E-state index contributed by atoms with van der Waals surface area (Å²) < 4.78 is 16.0. The van der Waals surface area contributed by atoms with Gasteiger partial charge < -0.3 is 9.67 Å². The molecule has 0 fully saturated rings. The number of benzene rings is 1. The fourth-order valence-corrected chi connectivity index (χ4v) is 3.70. The summed E-state index contributed by atoms with van der Waals surface area (Å²) in [6.45, 7) is 6.73. The molecule has 1 aliphatic rings. The Kier molecular flexibility index (Phi) is 7.55. The van der Waals surface area contributed by atoms with Crippen molar-refractivity contribution in [2.45, 2.75) is 37.8 Å². The molecule has 5 nitrogen and oxygen atoms in total. The summed E-state index contributed by atoms with van der Waals surface area (Å²) in [6.07, 6.45) is 8.36. The van der Waals surface area contributed by atoms with Crippen molar-refractivity contribution in [3.8, 4) is 11.3 Å². The predicted octanol–water partition coefficient (Wildman–Crippen LogP) is 3.06. The highest BCUT2D eigenvalue weighted by Crippen LogP contribution is 2.41. The van der Waals surface area contributed by atoms with Gasteiger partial charge in [-0.25, -0.2) is 13.9 Å². The van der Waals surface area contributed by atoms with E-state index in [4.69, 9.17) is 0 Å². The Labute approximate surface area is 152 Å². The Morgan fingerprint density at radius 3 is 2.88 bits per heavy atom. The second-order valence-electron chi connectivity index (χ2n) is 6.02. The van der Waals surface area contributed by atoms with E-state index in [9.17, 15) is 9.32 Å². The Hall–Kier alpha value is -1.76. The van der Waals surface area contributed by atoms with E-state index < -0.39 is 11.0 Å². The van der Waals surface area contributed by atoms with Gasteiger partial charge in [0, 0.05) is 18.4 Å². The van der Waals surface area contributed by atoms with Crippen LogP contribution in [0.4, 0.5) is 0 Å². The highest BCUT2D eigenvalue weighted by Gasteiger charge is 2.29. The second-order valence-corrected chi connectivity index (χ2v) is 7.22.